The molecule has 0 fully saturated rings. The molecular weight excluding hydrogens is 200 g/mol. The van der Waals surface area contributed by atoms with Crippen LogP contribution in [0.1, 0.15) is 19.4 Å². The van der Waals surface area contributed by atoms with Crippen molar-refractivity contribution >= 4 is 10.8 Å². The smallest absolute Gasteiger partial charge is 0.127 e. The van der Waals surface area contributed by atoms with Crippen molar-refractivity contribution in [1.82, 2.24) is 0 Å². The van der Waals surface area contributed by atoms with Crippen LogP contribution in [0.2, 0.25) is 0 Å². The molecule has 0 spiro atoms. The molecule has 0 aliphatic carbocycles. The Morgan fingerprint density at radius 1 is 1.06 bits per heavy atom. The summed E-state index contributed by atoms with van der Waals surface area (Å²) in [6, 6.07) is 9.73. The summed E-state index contributed by atoms with van der Waals surface area (Å²) in [5.41, 5.74) is 0.973. The Morgan fingerprint density at radius 2 is 1.88 bits per heavy atom. The van der Waals surface area contributed by atoms with E-state index in [0.29, 0.717) is 12.4 Å². The van der Waals surface area contributed by atoms with Gasteiger partial charge in [-0.2, -0.15) is 0 Å². The summed E-state index contributed by atoms with van der Waals surface area (Å²) in [7, 11) is 0. The number of hydrogen-bond acceptors (Lipinski definition) is 2. The van der Waals surface area contributed by atoms with Gasteiger partial charge in [0, 0.05) is 10.8 Å². The average molecular weight is 216 g/mol. The highest BCUT2D eigenvalue weighted by Gasteiger charge is 2.08. The molecule has 2 nitrogen and oxygen atoms in total. The summed E-state index contributed by atoms with van der Waals surface area (Å²) in [6.07, 6.45) is 0.834. The molecule has 0 aliphatic heterocycles. The number of phenols is 1. The van der Waals surface area contributed by atoms with E-state index in [1.807, 2.05) is 44.2 Å². The summed E-state index contributed by atoms with van der Waals surface area (Å²) < 4.78 is 5.54. The first kappa shape index (κ1) is 10.8. The van der Waals surface area contributed by atoms with Crippen molar-refractivity contribution in [3.8, 4) is 11.5 Å². The Hall–Kier alpha value is -1.70. The lowest BCUT2D eigenvalue weighted by Gasteiger charge is -2.10. The van der Waals surface area contributed by atoms with Crippen LogP contribution in [0.15, 0.2) is 30.3 Å². The van der Waals surface area contributed by atoms with Crippen LogP contribution < -0.4 is 4.74 Å². The Bertz CT molecular complexity index is 503. The van der Waals surface area contributed by atoms with E-state index in [1.54, 1.807) is 0 Å². The zero-order valence-electron chi connectivity index (χ0n) is 9.66. The summed E-state index contributed by atoms with van der Waals surface area (Å²) in [6.45, 7) is 4.63. The van der Waals surface area contributed by atoms with Crippen molar-refractivity contribution in [1.29, 1.82) is 0 Å². The quantitative estimate of drug-likeness (QED) is 0.850. The van der Waals surface area contributed by atoms with Gasteiger partial charge in [0.1, 0.15) is 11.5 Å². The van der Waals surface area contributed by atoms with E-state index in [4.69, 9.17) is 4.74 Å². The average Bonchev–Trinajstić information content (AvgIpc) is 2.31. The molecule has 0 bridgehead atoms. The number of aromatic hydroxyl groups is 1. The second-order valence-electron chi connectivity index (χ2n) is 3.71. The second-order valence-corrected chi connectivity index (χ2v) is 3.71. The fourth-order valence-electron chi connectivity index (χ4n) is 1.92. The molecule has 2 heteroatoms. The van der Waals surface area contributed by atoms with Gasteiger partial charge < -0.3 is 9.84 Å². The van der Waals surface area contributed by atoms with E-state index in [-0.39, 0.29) is 0 Å². The van der Waals surface area contributed by atoms with Gasteiger partial charge in [-0.3, -0.25) is 0 Å². The second kappa shape index (κ2) is 4.44. The van der Waals surface area contributed by atoms with Gasteiger partial charge >= 0.3 is 0 Å². The van der Waals surface area contributed by atoms with Crippen LogP contribution in [0.4, 0.5) is 0 Å². The van der Waals surface area contributed by atoms with Crippen LogP contribution in [-0.4, -0.2) is 11.7 Å². The van der Waals surface area contributed by atoms with E-state index < -0.39 is 0 Å². The lowest BCUT2D eigenvalue weighted by atomic mass is 10.0. The first-order valence-corrected chi connectivity index (χ1v) is 5.64. The van der Waals surface area contributed by atoms with Gasteiger partial charge in [0.25, 0.3) is 0 Å². The first-order valence-electron chi connectivity index (χ1n) is 5.64. The van der Waals surface area contributed by atoms with Gasteiger partial charge in [0.2, 0.25) is 0 Å². The maximum Gasteiger partial charge on any atom is 0.127 e. The van der Waals surface area contributed by atoms with Crippen molar-refractivity contribution < 1.29 is 9.84 Å². The van der Waals surface area contributed by atoms with E-state index in [1.165, 1.54) is 0 Å². The fourth-order valence-corrected chi connectivity index (χ4v) is 1.92. The number of hydrogen-bond donors (Lipinski definition) is 1. The van der Waals surface area contributed by atoms with Crippen LogP contribution in [0.25, 0.3) is 10.8 Å². The van der Waals surface area contributed by atoms with E-state index in [0.717, 1.165) is 28.5 Å². The number of aryl methyl sites for hydroxylation is 1. The van der Waals surface area contributed by atoms with Crippen molar-refractivity contribution in [3.05, 3.63) is 35.9 Å². The summed E-state index contributed by atoms with van der Waals surface area (Å²) in [5.74, 6) is 1.21. The van der Waals surface area contributed by atoms with Crippen LogP contribution in [0.5, 0.6) is 11.5 Å². The maximum atomic E-state index is 10.1. The number of benzene rings is 2. The molecular formula is C14H16O2. The van der Waals surface area contributed by atoms with Gasteiger partial charge in [-0.05, 0) is 25.0 Å². The molecule has 16 heavy (non-hydrogen) atoms. The number of rotatable bonds is 3. The molecule has 0 radical (unpaired) electrons. The predicted octanol–water partition coefficient (Wildman–Crippen LogP) is 3.51. The molecule has 0 saturated heterocycles. The largest absolute Gasteiger partial charge is 0.507 e. The molecule has 0 amide bonds. The van der Waals surface area contributed by atoms with E-state index in [9.17, 15) is 5.11 Å². The van der Waals surface area contributed by atoms with E-state index >= 15 is 0 Å². The highest BCUT2D eigenvalue weighted by atomic mass is 16.5. The first-order chi connectivity index (χ1) is 7.77. The molecule has 84 valence electrons. The van der Waals surface area contributed by atoms with Crippen molar-refractivity contribution in [3.63, 3.8) is 0 Å². The van der Waals surface area contributed by atoms with Gasteiger partial charge in [-0.1, -0.05) is 31.2 Å². The van der Waals surface area contributed by atoms with Crippen LogP contribution in [0.3, 0.4) is 0 Å². The van der Waals surface area contributed by atoms with Gasteiger partial charge in [-0.15, -0.1) is 0 Å². The van der Waals surface area contributed by atoms with Gasteiger partial charge in [-0.25, -0.2) is 0 Å². The summed E-state index contributed by atoms with van der Waals surface area (Å²) in [5, 5.41) is 11.9. The molecule has 2 rings (SSSR count). The number of phenolic OH excluding ortho intramolecular Hbond substituents is 1. The molecule has 2 aromatic rings. The highest BCUT2D eigenvalue weighted by molar-refractivity contribution is 5.93. The predicted molar refractivity (Wildman–Crippen MR) is 66.2 cm³/mol. The fraction of sp³-hybridized carbons (Fsp3) is 0.286. The molecule has 0 aromatic heterocycles. The Balaban J connectivity index is 2.67. The number of ether oxygens (including phenoxy) is 1. The lowest BCUT2D eigenvalue weighted by molar-refractivity contribution is 0.344. The minimum Gasteiger partial charge on any atom is -0.507 e. The minimum absolute atomic E-state index is 0.376. The third kappa shape index (κ3) is 1.71. The molecule has 2 aromatic carbocycles. The topological polar surface area (TPSA) is 29.5 Å². The Morgan fingerprint density at radius 3 is 2.56 bits per heavy atom. The van der Waals surface area contributed by atoms with Crippen LogP contribution in [-0.2, 0) is 6.42 Å². The minimum atomic E-state index is 0.376. The van der Waals surface area contributed by atoms with Crippen LogP contribution in [0, 0.1) is 0 Å². The molecule has 0 unspecified atom stereocenters. The SMILES string of the molecule is CCOc1cccc2c(O)c(CC)ccc12. The monoisotopic (exact) mass is 216 g/mol. The molecule has 0 saturated carbocycles. The summed E-state index contributed by atoms with van der Waals surface area (Å²) >= 11 is 0. The van der Waals surface area contributed by atoms with Crippen LogP contribution >= 0.6 is 0 Å². The third-order valence-corrected chi connectivity index (χ3v) is 2.76. The van der Waals surface area contributed by atoms with E-state index in [2.05, 4.69) is 0 Å². The molecule has 0 heterocycles. The zero-order valence-corrected chi connectivity index (χ0v) is 9.66. The van der Waals surface area contributed by atoms with Crippen molar-refractivity contribution in [2.45, 2.75) is 20.3 Å². The highest BCUT2D eigenvalue weighted by Crippen LogP contribution is 2.34. The standard InChI is InChI=1S/C14H16O2/c1-3-10-8-9-11-12(14(10)15)6-5-7-13(11)16-4-2/h5-9,15H,3-4H2,1-2H3. The zero-order chi connectivity index (χ0) is 11.5. The van der Waals surface area contributed by atoms with Gasteiger partial charge in [0.15, 0.2) is 0 Å². The number of fused-ring (bicyclic) bond motifs is 1. The Kier molecular flexibility index (Phi) is 3.00. The third-order valence-electron chi connectivity index (χ3n) is 2.76. The molecule has 0 aliphatic rings. The van der Waals surface area contributed by atoms with Crippen molar-refractivity contribution in [2.75, 3.05) is 6.61 Å². The summed E-state index contributed by atoms with van der Waals surface area (Å²) in [4.78, 5) is 0. The van der Waals surface area contributed by atoms with Crippen molar-refractivity contribution in [2.24, 2.45) is 0 Å². The Labute approximate surface area is 95.5 Å². The lowest BCUT2D eigenvalue weighted by Crippen LogP contribution is -1.93. The molecule has 1 N–H and O–H groups in total. The normalized spacial score (nSPS) is 10.6. The van der Waals surface area contributed by atoms with Gasteiger partial charge in [0.05, 0.1) is 6.61 Å². The maximum absolute atomic E-state index is 10.1. The molecule has 0 atom stereocenters.